The normalized spacial score (nSPS) is 11.5. The van der Waals surface area contributed by atoms with Gasteiger partial charge in [0.05, 0.1) is 23.9 Å². The van der Waals surface area contributed by atoms with Gasteiger partial charge in [0.1, 0.15) is 0 Å². The summed E-state index contributed by atoms with van der Waals surface area (Å²) in [6.07, 6.45) is 3.47. The van der Waals surface area contributed by atoms with E-state index in [9.17, 15) is 9.59 Å². The van der Waals surface area contributed by atoms with Crippen molar-refractivity contribution in [3.63, 3.8) is 0 Å². The van der Waals surface area contributed by atoms with Crippen LogP contribution in [-0.4, -0.2) is 23.4 Å². The molecule has 0 N–H and O–H groups in total. The average Bonchev–Trinajstić information content (AvgIpc) is 2.99. The number of nitrogens with zero attached hydrogens (tertiary/aromatic N) is 1. The van der Waals surface area contributed by atoms with E-state index in [1.807, 2.05) is 60.7 Å². The lowest BCUT2D eigenvalue weighted by molar-refractivity contribution is -0.112. The number of benzene rings is 2. The second-order valence-electron chi connectivity index (χ2n) is 5.42. The fraction of sp³-hybridized carbons (Fsp3) is 0.100. The van der Waals surface area contributed by atoms with Gasteiger partial charge in [0.25, 0.3) is 0 Å². The van der Waals surface area contributed by atoms with Crippen molar-refractivity contribution in [2.45, 2.75) is 6.92 Å². The zero-order chi connectivity index (χ0) is 17.1. The Hall–Kier alpha value is -3.14. The highest BCUT2D eigenvalue weighted by Crippen LogP contribution is 2.26. The number of fused-ring (bicyclic) bond motifs is 1. The molecule has 0 saturated carbocycles. The van der Waals surface area contributed by atoms with E-state index in [2.05, 4.69) is 0 Å². The zero-order valence-electron chi connectivity index (χ0n) is 13.5. The average molecular weight is 319 g/mol. The Morgan fingerprint density at radius 1 is 1.00 bits per heavy atom. The summed E-state index contributed by atoms with van der Waals surface area (Å²) in [6.45, 7) is 1.52. The van der Waals surface area contributed by atoms with Crippen LogP contribution >= 0.6 is 0 Å². The predicted molar refractivity (Wildman–Crippen MR) is 94.6 cm³/mol. The van der Waals surface area contributed by atoms with Crippen molar-refractivity contribution in [3.8, 4) is 0 Å². The monoisotopic (exact) mass is 319 g/mol. The summed E-state index contributed by atoms with van der Waals surface area (Å²) < 4.78 is 6.61. The number of hydrogen-bond acceptors (Lipinski definition) is 3. The molecule has 4 nitrogen and oxygen atoms in total. The molecule has 0 radical (unpaired) electrons. The standard InChI is InChI=1S/C20H17NO3/c1-14(22)19(12-15-8-4-3-5-9-15)21-13-17(20(23)24-2)16-10-6-7-11-18(16)21/h3-13H,1-2H3/b19-12-. The molecule has 120 valence electrons. The van der Waals surface area contributed by atoms with E-state index in [0.29, 0.717) is 11.3 Å². The molecule has 0 unspecified atom stereocenters. The molecule has 3 aromatic rings. The van der Waals surface area contributed by atoms with Crippen molar-refractivity contribution >= 4 is 34.4 Å². The summed E-state index contributed by atoms with van der Waals surface area (Å²) in [4.78, 5) is 24.3. The molecule has 3 rings (SSSR count). The molecular formula is C20H17NO3. The lowest BCUT2D eigenvalue weighted by Gasteiger charge is -2.08. The maximum absolute atomic E-state index is 12.2. The lowest BCUT2D eigenvalue weighted by Crippen LogP contribution is -2.05. The van der Waals surface area contributed by atoms with Crippen molar-refractivity contribution in [1.29, 1.82) is 0 Å². The minimum atomic E-state index is -0.424. The van der Waals surface area contributed by atoms with Crippen LogP contribution in [-0.2, 0) is 9.53 Å². The largest absolute Gasteiger partial charge is 0.465 e. The van der Waals surface area contributed by atoms with Gasteiger partial charge in [-0.2, -0.15) is 0 Å². The molecule has 0 fully saturated rings. The first kappa shape index (κ1) is 15.7. The molecule has 0 amide bonds. The highest BCUT2D eigenvalue weighted by Gasteiger charge is 2.18. The van der Waals surface area contributed by atoms with Crippen LogP contribution in [0.2, 0.25) is 0 Å². The molecule has 1 heterocycles. The van der Waals surface area contributed by atoms with Gasteiger partial charge in [-0.15, -0.1) is 0 Å². The van der Waals surface area contributed by atoms with Crippen LogP contribution in [0.4, 0.5) is 0 Å². The van der Waals surface area contributed by atoms with Gasteiger partial charge in [-0.1, -0.05) is 48.5 Å². The number of ether oxygens (including phenoxy) is 1. The van der Waals surface area contributed by atoms with Gasteiger partial charge in [-0.3, -0.25) is 4.79 Å². The molecule has 0 aliphatic rings. The van der Waals surface area contributed by atoms with E-state index in [0.717, 1.165) is 16.5 Å². The third-order valence-corrected chi connectivity index (χ3v) is 3.84. The number of carbonyl (C=O) groups is 2. The molecule has 0 bridgehead atoms. The van der Waals surface area contributed by atoms with Gasteiger partial charge < -0.3 is 9.30 Å². The third kappa shape index (κ3) is 2.86. The second-order valence-corrected chi connectivity index (χ2v) is 5.42. The number of methoxy groups -OCH3 is 1. The van der Waals surface area contributed by atoms with E-state index in [-0.39, 0.29) is 5.78 Å². The van der Waals surface area contributed by atoms with E-state index < -0.39 is 5.97 Å². The number of aromatic nitrogens is 1. The first-order valence-corrected chi connectivity index (χ1v) is 7.58. The number of Topliss-reactive ketones (excluding diaryl/α,β-unsaturated/α-hetero) is 1. The van der Waals surface area contributed by atoms with E-state index in [4.69, 9.17) is 4.74 Å². The Morgan fingerprint density at radius 2 is 1.67 bits per heavy atom. The summed E-state index contributed by atoms with van der Waals surface area (Å²) in [5.74, 6) is -0.511. The molecule has 0 aliphatic heterocycles. The van der Waals surface area contributed by atoms with Crippen molar-refractivity contribution in [3.05, 3.63) is 71.9 Å². The molecule has 2 aromatic carbocycles. The minimum Gasteiger partial charge on any atom is -0.465 e. The van der Waals surface area contributed by atoms with Crippen LogP contribution in [0.3, 0.4) is 0 Å². The zero-order valence-corrected chi connectivity index (χ0v) is 13.5. The molecular weight excluding hydrogens is 302 g/mol. The predicted octanol–water partition coefficient (Wildman–Crippen LogP) is 4.02. The van der Waals surface area contributed by atoms with E-state index in [1.165, 1.54) is 14.0 Å². The van der Waals surface area contributed by atoms with Crippen molar-refractivity contribution in [1.82, 2.24) is 4.57 Å². The maximum atomic E-state index is 12.2. The molecule has 24 heavy (non-hydrogen) atoms. The smallest absolute Gasteiger partial charge is 0.340 e. The Kier molecular flexibility index (Phi) is 4.29. The second kappa shape index (κ2) is 6.54. The maximum Gasteiger partial charge on any atom is 0.340 e. The topological polar surface area (TPSA) is 48.3 Å². The van der Waals surface area contributed by atoms with E-state index >= 15 is 0 Å². The van der Waals surface area contributed by atoms with Gasteiger partial charge in [0.15, 0.2) is 5.78 Å². The summed E-state index contributed by atoms with van der Waals surface area (Å²) in [7, 11) is 1.35. The molecule has 0 aliphatic carbocycles. The number of para-hydroxylation sites is 1. The summed E-state index contributed by atoms with van der Waals surface area (Å²) in [5.41, 5.74) is 2.64. The van der Waals surface area contributed by atoms with Crippen molar-refractivity contribution in [2.75, 3.05) is 7.11 Å². The first-order valence-electron chi connectivity index (χ1n) is 7.58. The Bertz CT molecular complexity index is 936. The third-order valence-electron chi connectivity index (χ3n) is 3.84. The molecule has 0 atom stereocenters. The van der Waals surface area contributed by atoms with Crippen LogP contribution in [0.15, 0.2) is 60.8 Å². The Morgan fingerprint density at radius 3 is 2.33 bits per heavy atom. The van der Waals surface area contributed by atoms with Gasteiger partial charge >= 0.3 is 5.97 Å². The first-order chi connectivity index (χ1) is 11.6. The van der Waals surface area contributed by atoms with Gasteiger partial charge in [0.2, 0.25) is 0 Å². The van der Waals surface area contributed by atoms with Crippen LogP contribution in [0.5, 0.6) is 0 Å². The molecule has 1 aromatic heterocycles. The van der Waals surface area contributed by atoms with Crippen LogP contribution in [0.25, 0.3) is 22.7 Å². The molecule has 0 saturated heterocycles. The van der Waals surface area contributed by atoms with E-state index in [1.54, 1.807) is 10.8 Å². The number of carbonyl (C=O) groups excluding carboxylic acids is 2. The Balaban J connectivity index is 2.25. The highest BCUT2D eigenvalue weighted by atomic mass is 16.5. The van der Waals surface area contributed by atoms with Gasteiger partial charge in [-0.25, -0.2) is 4.79 Å². The fourth-order valence-electron chi connectivity index (χ4n) is 2.70. The van der Waals surface area contributed by atoms with Crippen LogP contribution < -0.4 is 0 Å². The van der Waals surface area contributed by atoms with Crippen molar-refractivity contribution in [2.24, 2.45) is 0 Å². The van der Waals surface area contributed by atoms with Crippen LogP contribution in [0.1, 0.15) is 22.8 Å². The molecule has 4 heteroatoms. The number of ketones is 1. The quantitative estimate of drug-likeness (QED) is 0.539. The van der Waals surface area contributed by atoms with Crippen LogP contribution in [0, 0.1) is 0 Å². The number of esters is 1. The molecule has 0 spiro atoms. The SMILES string of the molecule is COC(=O)c1cn(/C(=C\c2ccccc2)C(C)=O)c2ccccc12. The number of allylic oxidation sites excluding steroid dienone is 1. The minimum absolute atomic E-state index is 0.0870. The highest BCUT2D eigenvalue weighted by molar-refractivity contribution is 6.20. The fourth-order valence-corrected chi connectivity index (χ4v) is 2.70. The van der Waals surface area contributed by atoms with Crippen molar-refractivity contribution < 1.29 is 14.3 Å². The number of hydrogen-bond donors (Lipinski definition) is 0. The summed E-state index contributed by atoms with van der Waals surface area (Å²) >= 11 is 0. The summed E-state index contributed by atoms with van der Waals surface area (Å²) in [6, 6.07) is 17.1. The summed E-state index contributed by atoms with van der Waals surface area (Å²) in [5, 5.41) is 0.754. The van der Waals surface area contributed by atoms with Gasteiger partial charge in [0, 0.05) is 18.5 Å². The lowest BCUT2D eigenvalue weighted by atomic mass is 10.1. The number of rotatable bonds is 4. The van der Waals surface area contributed by atoms with Gasteiger partial charge in [-0.05, 0) is 17.7 Å². The Labute approximate surface area is 140 Å².